The molecule has 0 amide bonds. The second-order valence-corrected chi connectivity index (χ2v) is 6.00. The number of aliphatic hydroxyl groups is 1. The molecule has 0 radical (unpaired) electrons. The molecule has 2 nitrogen and oxygen atoms in total. The van der Waals surface area contributed by atoms with Crippen LogP contribution in [0.5, 0.6) is 0 Å². The lowest BCUT2D eigenvalue weighted by Crippen LogP contribution is -2.12. The highest BCUT2D eigenvalue weighted by Gasteiger charge is 2.25. The third kappa shape index (κ3) is 2.09. The van der Waals surface area contributed by atoms with Crippen molar-refractivity contribution in [2.75, 3.05) is 0 Å². The Morgan fingerprint density at radius 2 is 2.00 bits per heavy atom. The summed E-state index contributed by atoms with van der Waals surface area (Å²) in [4.78, 5) is 0. The van der Waals surface area contributed by atoms with Crippen LogP contribution in [0.3, 0.4) is 0 Å². The van der Waals surface area contributed by atoms with Gasteiger partial charge in [-0.3, -0.25) is 0 Å². The summed E-state index contributed by atoms with van der Waals surface area (Å²) in [5.74, 6) is -0.987. The van der Waals surface area contributed by atoms with Gasteiger partial charge in [0, 0.05) is 23.0 Å². The summed E-state index contributed by atoms with van der Waals surface area (Å²) in [7, 11) is 0. The molecule has 0 aliphatic heterocycles. The second-order valence-electron chi connectivity index (χ2n) is 5.15. The van der Waals surface area contributed by atoms with Gasteiger partial charge < -0.3 is 9.67 Å². The number of nitrogens with zero attached hydrogens (tertiary/aromatic N) is 1. The number of fused-ring (bicyclic) bond motifs is 1. The molecule has 20 heavy (non-hydrogen) atoms. The summed E-state index contributed by atoms with van der Waals surface area (Å²) in [6, 6.07) is 4.18. The largest absolute Gasteiger partial charge is 0.388 e. The number of aryl methyl sites for hydroxylation is 1. The standard InChI is InChI=1S/C15H14BrF2NO/c1-8-5-9-13(3-2-4-15(9)20)19(8)14-7-11(17)10(16)6-12(14)18/h5-7,15,20H,2-4H2,1H3. The minimum atomic E-state index is -0.512. The maximum absolute atomic E-state index is 14.2. The van der Waals surface area contributed by atoms with E-state index in [0.717, 1.165) is 35.9 Å². The maximum Gasteiger partial charge on any atom is 0.148 e. The molecule has 0 bridgehead atoms. The molecule has 106 valence electrons. The maximum atomic E-state index is 14.2. The van der Waals surface area contributed by atoms with Gasteiger partial charge in [0.2, 0.25) is 0 Å². The number of hydrogen-bond donors (Lipinski definition) is 1. The van der Waals surface area contributed by atoms with Crippen LogP contribution >= 0.6 is 15.9 Å². The highest BCUT2D eigenvalue weighted by molar-refractivity contribution is 9.10. The Morgan fingerprint density at radius 1 is 1.25 bits per heavy atom. The quantitative estimate of drug-likeness (QED) is 0.772. The fourth-order valence-electron chi connectivity index (χ4n) is 2.90. The van der Waals surface area contributed by atoms with E-state index in [1.54, 1.807) is 4.57 Å². The van der Waals surface area contributed by atoms with Gasteiger partial charge >= 0.3 is 0 Å². The topological polar surface area (TPSA) is 25.2 Å². The van der Waals surface area contributed by atoms with Gasteiger partial charge in [-0.05, 0) is 54.2 Å². The fraction of sp³-hybridized carbons (Fsp3) is 0.333. The van der Waals surface area contributed by atoms with E-state index in [1.165, 1.54) is 6.07 Å². The lowest BCUT2D eigenvalue weighted by atomic mass is 9.95. The van der Waals surface area contributed by atoms with E-state index in [2.05, 4.69) is 15.9 Å². The molecule has 5 heteroatoms. The van der Waals surface area contributed by atoms with Gasteiger partial charge in [0.1, 0.15) is 11.6 Å². The molecule has 1 aromatic carbocycles. The zero-order chi connectivity index (χ0) is 14.4. The van der Waals surface area contributed by atoms with E-state index < -0.39 is 17.7 Å². The first-order valence-corrected chi connectivity index (χ1v) is 7.32. The predicted molar refractivity (Wildman–Crippen MR) is 76.0 cm³/mol. The number of halogens is 3. The summed E-state index contributed by atoms with van der Waals surface area (Å²) >= 11 is 2.98. The van der Waals surface area contributed by atoms with Crippen molar-refractivity contribution in [3.05, 3.63) is 51.3 Å². The molecule has 3 rings (SSSR count). The summed E-state index contributed by atoms with van der Waals surface area (Å²) in [5, 5.41) is 10.0. The lowest BCUT2D eigenvalue weighted by Gasteiger charge is -2.21. The zero-order valence-corrected chi connectivity index (χ0v) is 12.5. The van der Waals surface area contributed by atoms with E-state index in [4.69, 9.17) is 0 Å². The molecule has 1 atom stereocenters. The summed E-state index contributed by atoms with van der Waals surface area (Å²) in [6.45, 7) is 1.84. The van der Waals surface area contributed by atoms with Crippen LogP contribution in [0, 0.1) is 18.6 Å². The number of benzene rings is 1. The summed E-state index contributed by atoms with van der Waals surface area (Å²) in [6.07, 6.45) is 1.81. The van der Waals surface area contributed by atoms with Crippen LogP contribution in [0.1, 0.15) is 35.9 Å². The number of rotatable bonds is 1. The summed E-state index contributed by atoms with van der Waals surface area (Å²) in [5.41, 5.74) is 2.70. The molecule has 0 fully saturated rings. The van der Waals surface area contributed by atoms with Gasteiger partial charge in [0.15, 0.2) is 0 Å². The average molecular weight is 342 g/mol. The highest BCUT2D eigenvalue weighted by Crippen LogP contribution is 2.35. The van der Waals surface area contributed by atoms with Crippen molar-refractivity contribution in [3.8, 4) is 5.69 Å². The summed E-state index contributed by atoms with van der Waals surface area (Å²) < 4.78 is 29.7. The van der Waals surface area contributed by atoms with E-state index >= 15 is 0 Å². The van der Waals surface area contributed by atoms with Crippen molar-refractivity contribution in [1.82, 2.24) is 4.57 Å². The van der Waals surface area contributed by atoms with Crippen LogP contribution in [0.15, 0.2) is 22.7 Å². The normalized spacial score (nSPS) is 18.1. The van der Waals surface area contributed by atoms with Gasteiger partial charge in [-0.15, -0.1) is 0 Å². The Kier molecular flexibility index (Phi) is 3.42. The minimum absolute atomic E-state index is 0.109. The molecule has 1 aliphatic rings. The predicted octanol–water partition coefficient (Wildman–Crippen LogP) is 4.20. The smallest absolute Gasteiger partial charge is 0.148 e. The molecule has 1 aliphatic carbocycles. The van der Waals surface area contributed by atoms with E-state index in [9.17, 15) is 13.9 Å². The van der Waals surface area contributed by atoms with E-state index in [0.29, 0.717) is 6.42 Å². The van der Waals surface area contributed by atoms with Crippen LogP contribution in [-0.4, -0.2) is 9.67 Å². The Morgan fingerprint density at radius 3 is 2.75 bits per heavy atom. The average Bonchev–Trinajstić information content (AvgIpc) is 2.72. The van der Waals surface area contributed by atoms with Crippen molar-refractivity contribution in [2.45, 2.75) is 32.3 Å². The fourth-order valence-corrected chi connectivity index (χ4v) is 3.21. The van der Waals surface area contributed by atoms with Gasteiger partial charge in [0.25, 0.3) is 0 Å². The first-order valence-electron chi connectivity index (χ1n) is 6.53. The van der Waals surface area contributed by atoms with Crippen molar-refractivity contribution in [3.63, 3.8) is 0 Å². The van der Waals surface area contributed by atoms with Crippen LogP contribution in [0.4, 0.5) is 8.78 Å². The molecule has 1 N–H and O–H groups in total. The van der Waals surface area contributed by atoms with Crippen LogP contribution in [0.25, 0.3) is 5.69 Å². The molecule has 0 saturated carbocycles. The molecule has 1 unspecified atom stereocenters. The van der Waals surface area contributed by atoms with E-state index in [1.807, 2.05) is 13.0 Å². The number of aromatic nitrogens is 1. The molecule has 1 heterocycles. The minimum Gasteiger partial charge on any atom is -0.388 e. The first kappa shape index (κ1) is 13.8. The van der Waals surface area contributed by atoms with Gasteiger partial charge in [-0.25, -0.2) is 8.78 Å². The van der Waals surface area contributed by atoms with Crippen LogP contribution in [0.2, 0.25) is 0 Å². The second kappa shape index (κ2) is 4.97. The Hall–Kier alpha value is -1.20. The third-order valence-corrected chi connectivity index (χ3v) is 4.41. The van der Waals surface area contributed by atoms with E-state index in [-0.39, 0.29) is 10.2 Å². The molecule has 0 saturated heterocycles. The Bertz CT molecular complexity index is 681. The van der Waals surface area contributed by atoms with Crippen molar-refractivity contribution in [1.29, 1.82) is 0 Å². The van der Waals surface area contributed by atoms with Crippen molar-refractivity contribution in [2.24, 2.45) is 0 Å². The third-order valence-electron chi connectivity index (χ3n) is 3.80. The number of hydrogen-bond acceptors (Lipinski definition) is 1. The highest BCUT2D eigenvalue weighted by atomic mass is 79.9. The Labute approximate surface area is 124 Å². The van der Waals surface area contributed by atoms with Gasteiger partial charge in [0.05, 0.1) is 16.3 Å². The molecular weight excluding hydrogens is 328 g/mol. The monoisotopic (exact) mass is 341 g/mol. The molecule has 1 aromatic heterocycles. The Balaban J connectivity index is 2.23. The lowest BCUT2D eigenvalue weighted by molar-refractivity contribution is 0.156. The molecule has 2 aromatic rings. The SMILES string of the molecule is Cc1cc2c(n1-c1cc(F)c(Br)cc1F)CCCC2O. The number of aliphatic hydroxyl groups excluding tert-OH is 1. The van der Waals surface area contributed by atoms with Gasteiger partial charge in [-0.2, -0.15) is 0 Å². The van der Waals surface area contributed by atoms with Crippen LogP contribution in [-0.2, 0) is 6.42 Å². The molecular formula is C15H14BrF2NO. The molecule has 0 spiro atoms. The van der Waals surface area contributed by atoms with Crippen molar-refractivity contribution < 1.29 is 13.9 Å². The first-order chi connectivity index (χ1) is 9.49. The zero-order valence-electron chi connectivity index (χ0n) is 11.0. The van der Waals surface area contributed by atoms with Crippen molar-refractivity contribution >= 4 is 15.9 Å². The van der Waals surface area contributed by atoms with Crippen LogP contribution < -0.4 is 0 Å². The van der Waals surface area contributed by atoms with Gasteiger partial charge in [-0.1, -0.05) is 0 Å².